The van der Waals surface area contributed by atoms with Crippen LogP contribution in [-0.2, 0) is 9.59 Å². The molecule has 3 N–H and O–H groups in total. The van der Waals surface area contributed by atoms with Gasteiger partial charge in [0.15, 0.2) is 0 Å². The fourth-order valence-corrected chi connectivity index (χ4v) is 3.46. The highest BCUT2D eigenvalue weighted by molar-refractivity contribution is 8.14. The number of halogens is 1. The lowest BCUT2D eigenvalue weighted by atomic mass is 9.87. The van der Waals surface area contributed by atoms with Crippen LogP contribution >= 0.6 is 22.1 Å². The van der Waals surface area contributed by atoms with Gasteiger partial charge in [0, 0.05) is 23.4 Å². The summed E-state index contributed by atoms with van der Waals surface area (Å²) in [4.78, 5) is 26.8. The first kappa shape index (κ1) is 26.4. The maximum Gasteiger partial charge on any atom is 0.249 e. The molecule has 0 radical (unpaired) electrons. The Bertz CT molecular complexity index is 725. The second-order valence-corrected chi connectivity index (χ2v) is 9.79. The number of carbonyl (C=O) groups is 2. The second kappa shape index (κ2) is 12.9. The van der Waals surface area contributed by atoms with Gasteiger partial charge in [-0.3, -0.25) is 9.59 Å². The Morgan fingerprint density at radius 2 is 1.93 bits per heavy atom. The first-order chi connectivity index (χ1) is 14.2. The van der Waals surface area contributed by atoms with Crippen molar-refractivity contribution in [3.05, 3.63) is 24.3 Å². The highest BCUT2D eigenvalue weighted by atomic mass is 35.5. The van der Waals surface area contributed by atoms with Crippen LogP contribution < -0.4 is 10.1 Å². The topological polar surface area (TPSA) is 99.1 Å². The highest BCUT2D eigenvalue weighted by Crippen LogP contribution is 2.24. The lowest BCUT2D eigenvalue weighted by Crippen LogP contribution is -2.48. The number of hydrogen-bond donors (Lipinski definition) is 3. The van der Waals surface area contributed by atoms with E-state index in [1.54, 1.807) is 13.8 Å². The van der Waals surface area contributed by atoms with Gasteiger partial charge in [0.05, 0.1) is 13.2 Å². The van der Waals surface area contributed by atoms with Gasteiger partial charge in [0.25, 0.3) is 0 Å². The van der Waals surface area contributed by atoms with E-state index in [9.17, 15) is 19.8 Å². The van der Waals surface area contributed by atoms with Crippen LogP contribution in [-0.4, -0.2) is 83.4 Å². The fraction of sp³-hybridized carbons (Fsp3) is 0.571. The van der Waals surface area contributed by atoms with E-state index in [0.717, 1.165) is 0 Å². The molecule has 170 valence electrons. The van der Waals surface area contributed by atoms with Gasteiger partial charge in [0.1, 0.15) is 24.3 Å². The molecule has 0 aliphatic heterocycles. The van der Waals surface area contributed by atoms with Crippen molar-refractivity contribution in [3.63, 3.8) is 0 Å². The summed E-state index contributed by atoms with van der Waals surface area (Å²) in [6.45, 7) is 5.87. The molecule has 0 saturated carbocycles. The first-order valence-electron chi connectivity index (χ1n) is 9.73. The summed E-state index contributed by atoms with van der Waals surface area (Å²) in [6.07, 6.45) is 0.799. The maximum absolute atomic E-state index is 12.1. The van der Waals surface area contributed by atoms with Gasteiger partial charge in [-0.15, -0.1) is 11.6 Å². The lowest BCUT2D eigenvalue weighted by Gasteiger charge is -2.28. The van der Waals surface area contributed by atoms with Gasteiger partial charge >= 0.3 is 0 Å². The largest absolute Gasteiger partial charge is 0.492 e. The minimum absolute atomic E-state index is 0.0989. The summed E-state index contributed by atoms with van der Waals surface area (Å²) >= 11 is 5.68. The Morgan fingerprint density at radius 3 is 2.47 bits per heavy atom. The third kappa shape index (κ3) is 8.26. The molecule has 0 aliphatic rings. The van der Waals surface area contributed by atoms with Gasteiger partial charge in [-0.25, -0.2) is 0 Å². The summed E-state index contributed by atoms with van der Waals surface area (Å²) < 4.78 is 5.73. The van der Waals surface area contributed by atoms with E-state index in [0.29, 0.717) is 12.3 Å². The monoisotopic (exact) mass is 460 g/mol. The Balaban J connectivity index is 2.53. The number of ether oxygens (including phenoxy) is 1. The van der Waals surface area contributed by atoms with Crippen LogP contribution in [0.25, 0.3) is 0 Å². The standard InChI is InChI=1S/C21H33ClN2O5S/c1-5-30(4)17-8-6-16(7-9-17)29-13-12-24(18(26)14-22)11-10-23-20(28)19(27)21(2,3)15-25/h5-9,19,25,27H,10-15H2,1-4H3,(H,23,28). The van der Waals surface area contributed by atoms with E-state index < -0.39 is 17.4 Å². The highest BCUT2D eigenvalue weighted by Gasteiger charge is 2.32. The van der Waals surface area contributed by atoms with Crippen molar-refractivity contribution in [1.82, 2.24) is 10.2 Å². The first-order valence-corrected chi connectivity index (χ1v) is 12.0. The Morgan fingerprint density at radius 1 is 1.30 bits per heavy atom. The number of aliphatic hydroxyl groups is 2. The van der Waals surface area contributed by atoms with Gasteiger partial charge in [-0.2, -0.15) is 10.5 Å². The molecule has 0 bridgehead atoms. The van der Waals surface area contributed by atoms with Crippen molar-refractivity contribution < 1.29 is 24.5 Å². The van der Waals surface area contributed by atoms with E-state index in [1.807, 2.05) is 31.2 Å². The predicted molar refractivity (Wildman–Crippen MR) is 123 cm³/mol. The van der Waals surface area contributed by atoms with E-state index in [2.05, 4.69) is 16.9 Å². The summed E-state index contributed by atoms with van der Waals surface area (Å²) in [5, 5.41) is 24.0. The molecular formula is C21H33ClN2O5S. The van der Waals surface area contributed by atoms with Crippen molar-refractivity contribution in [2.45, 2.75) is 31.8 Å². The molecule has 1 rings (SSSR count). The molecule has 0 aliphatic carbocycles. The van der Waals surface area contributed by atoms with Gasteiger partial charge in [0.2, 0.25) is 11.8 Å². The van der Waals surface area contributed by atoms with Crippen molar-refractivity contribution in [2.24, 2.45) is 5.41 Å². The third-order valence-electron chi connectivity index (χ3n) is 4.72. The number of amides is 2. The van der Waals surface area contributed by atoms with Gasteiger partial charge in [-0.1, -0.05) is 19.2 Å². The summed E-state index contributed by atoms with van der Waals surface area (Å²) in [5.74, 6) is -0.319. The van der Waals surface area contributed by atoms with E-state index >= 15 is 0 Å². The molecule has 0 saturated heterocycles. The third-order valence-corrected chi connectivity index (χ3v) is 6.67. The number of nitrogens with zero attached hydrogens (tertiary/aromatic N) is 1. The molecule has 0 aromatic heterocycles. The molecule has 2 amide bonds. The summed E-state index contributed by atoms with van der Waals surface area (Å²) in [6, 6.07) is 7.85. The Labute approximate surface area is 186 Å². The van der Waals surface area contributed by atoms with Crippen molar-refractivity contribution in [2.75, 3.05) is 45.0 Å². The van der Waals surface area contributed by atoms with Crippen LogP contribution in [0.3, 0.4) is 0 Å². The van der Waals surface area contributed by atoms with E-state index in [4.69, 9.17) is 16.3 Å². The molecule has 1 aromatic rings. The molecular weight excluding hydrogens is 428 g/mol. The minimum atomic E-state index is -1.35. The predicted octanol–water partition coefficient (Wildman–Crippen LogP) is 1.71. The summed E-state index contributed by atoms with van der Waals surface area (Å²) in [5.41, 5.74) is -0.952. The quantitative estimate of drug-likeness (QED) is 0.326. The van der Waals surface area contributed by atoms with Crippen LogP contribution in [0, 0.1) is 5.41 Å². The average Bonchev–Trinajstić information content (AvgIpc) is 2.76. The van der Waals surface area contributed by atoms with Crippen LogP contribution in [0.2, 0.25) is 0 Å². The maximum atomic E-state index is 12.1. The number of hydrogen-bond acceptors (Lipinski definition) is 5. The number of rotatable bonds is 12. The zero-order valence-corrected chi connectivity index (χ0v) is 19.6. The number of benzene rings is 1. The van der Waals surface area contributed by atoms with Gasteiger partial charge < -0.3 is 25.2 Å². The molecule has 30 heavy (non-hydrogen) atoms. The van der Waals surface area contributed by atoms with Crippen LogP contribution in [0.15, 0.2) is 29.2 Å². The SMILES string of the molecule is CC=S(C)c1ccc(OCCN(CCNC(=O)C(O)C(C)(C)CO)C(=O)CCl)cc1. The smallest absolute Gasteiger partial charge is 0.249 e. The van der Waals surface area contributed by atoms with E-state index in [-0.39, 0.29) is 48.6 Å². The molecule has 0 heterocycles. The van der Waals surface area contributed by atoms with Crippen molar-refractivity contribution >= 4 is 39.3 Å². The fourth-order valence-electron chi connectivity index (χ4n) is 2.46. The van der Waals surface area contributed by atoms with Crippen molar-refractivity contribution in [1.29, 1.82) is 0 Å². The second-order valence-electron chi connectivity index (χ2n) is 7.47. The minimum Gasteiger partial charge on any atom is -0.492 e. The molecule has 9 heteroatoms. The molecule has 2 atom stereocenters. The van der Waals surface area contributed by atoms with Gasteiger partial charge in [-0.05, 0) is 37.4 Å². The summed E-state index contributed by atoms with van der Waals surface area (Å²) in [7, 11) is 0.0989. The number of alkyl halides is 1. The zero-order chi connectivity index (χ0) is 22.7. The zero-order valence-electron chi connectivity index (χ0n) is 18.1. The number of nitrogens with one attached hydrogen (secondary N) is 1. The Hall–Kier alpha value is -1.61. The molecule has 0 fully saturated rings. The molecule has 1 aromatic carbocycles. The number of carbonyl (C=O) groups excluding carboxylic acids is 2. The normalized spacial score (nSPS) is 13.6. The lowest BCUT2D eigenvalue weighted by molar-refractivity contribution is -0.137. The average molecular weight is 461 g/mol. The number of aliphatic hydroxyl groups excluding tert-OH is 2. The molecule has 0 spiro atoms. The molecule has 2 unspecified atom stereocenters. The van der Waals surface area contributed by atoms with Crippen LogP contribution in [0.1, 0.15) is 20.8 Å². The van der Waals surface area contributed by atoms with E-state index in [1.165, 1.54) is 9.80 Å². The van der Waals surface area contributed by atoms with Crippen LogP contribution in [0.5, 0.6) is 5.75 Å². The van der Waals surface area contributed by atoms with Crippen LogP contribution in [0.4, 0.5) is 0 Å². The Kier molecular flexibility index (Phi) is 11.4. The van der Waals surface area contributed by atoms with Crippen molar-refractivity contribution in [3.8, 4) is 5.75 Å². The molecule has 7 nitrogen and oxygen atoms in total.